The first kappa shape index (κ1) is 15.7. The van der Waals surface area contributed by atoms with E-state index in [1.165, 1.54) is 11.3 Å². The standard InChI is InChI=1S/C17H22N2OS/c1-12(2)10-19(13(3)4)17-18-16(15(11-20)21-17)14-8-6-5-7-9-14/h5-9,11-13H,10H2,1-4H3. The molecule has 1 heterocycles. The Morgan fingerprint density at radius 1 is 1.19 bits per heavy atom. The zero-order valence-electron chi connectivity index (χ0n) is 13.0. The largest absolute Gasteiger partial charge is 0.345 e. The highest BCUT2D eigenvalue weighted by Gasteiger charge is 2.19. The first-order valence-corrected chi connectivity index (χ1v) is 8.12. The summed E-state index contributed by atoms with van der Waals surface area (Å²) in [6.45, 7) is 9.65. The van der Waals surface area contributed by atoms with Gasteiger partial charge < -0.3 is 4.90 Å². The van der Waals surface area contributed by atoms with Crippen LogP contribution in [0.4, 0.5) is 5.13 Å². The van der Waals surface area contributed by atoms with Crippen LogP contribution in [0, 0.1) is 5.92 Å². The van der Waals surface area contributed by atoms with Crippen LogP contribution in [0.15, 0.2) is 30.3 Å². The Morgan fingerprint density at radius 3 is 2.38 bits per heavy atom. The Balaban J connectivity index is 2.42. The van der Waals surface area contributed by atoms with E-state index in [0.29, 0.717) is 16.8 Å². The van der Waals surface area contributed by atoms with Crippen LogP contribution in [0.25, 0.3) is 11.3 Å². The average Bonchev–Trinajstić information content (AvgIpc) is 2.89. The average molecular weight is 302 g/mol. The molecule has 4 heteroatoms. The molecule has 2 aromatic rings. The number of carbonyl (C=O) groups is 1. The van der Waals surface area contributed by atoms with Gasteiger partial charge in [0.05, 0.1) is 10.6 Å². The molecule has 0 radical (unpaired) electrons. The summed E-state index contributed by atoms with van der Waals surface area (Å²) in [5.74, 6) is 0.552. The number of thiazole rings is 1. The van der Waals surface area contributed by atoms with Crippen molar-refractivity contribution in [1.82, 2.24) is 4.98 Å². The maximum absolute atomic E-state index is 11.4. The van der Waals surface area contributed by atoms with Crippen molar-refractivity contribution in [2.75, 3.05) is 11.4 Å². The number of rotatable bonds is 6. The summed E-state index contributed by atoms with van der Waals surface area (Å²) in [6, 6.07) is 10.3. The van der Waals surface area contributed by atoms with Crippen molar-refractivity contribution in [1.29, 1.82) is 0 Å². The van der Waals surface area contributed by atoms with E-state index < -0.39 is 0 Å². The second kappa shape index (κ2) is 6.85. The van der Waals surface area contributed by atoms with Gasteiger partial charge in [0.25, 0.3) is 0 Å². The Hall–Kier alpha value is -1.68. The van der Waals surface area contributed by atoms with E-state index in [2.05, 4.69) is 32.6 Å². The number of benzene rings is 1. The normalized spacial score (nSPS) is 11.1. The van der Waals surface area contributed by atoms with Crippen LogP contribution >= 0.6 is 11.3 Å². The fraction of sp³-hybridized carbons (Fsp3) is 0.412. The molecule has 112 valence electrons. The molecule has 0 atom stereocenters. The summed E-state index contributed by atoms with van der Waals surface area (Å²) in [4.78, 5) is 19.1. The van der Waals surface area contributed by atoms with E-state index in [0.717, 1.165) is 29.2 Å². The highest BCUT2D eigenvalue weighted by atomic mass is 32.1. The Morgan fingerprint density at radius 2 is 1.86 bits per heavy atom. The fourth-order valence-electron chi connectivity index (χ4n) is 2.23. The third kappa shape index (κ3) is 3.70. The first-order valence-electron chi connectivity index (χ1n) is 7.31. The molecule has 1 aromatic carbocycles. The van der Waals surface area contributed by atoms with E-state index >= 15 is 0 Å². The zero-order chi connectivity index (χ0) is 15.4. The smallest absolute Gasteiger partial charge is 0.186 e. The van der Waals surface area contributed by atoms with Gasteiger partial charge >= 0.3 is 0 Å². The molecule has 0 bridgehead atoms. The van der Waals surface area contributed by atoms with Crippen molar-refractivity contribution in [3.63, 3.8) is 0 Å². The second-order valence-electron chi connectivity index (χ2n) is 5.83. The van der Waals surface area contributed by atoms with Crippen molar-refractivity contribution in [3.8, 4) is 11.3 Å². The van der Waals surface area contributed by atoms with Crippen LogP contribution in [0.3, 0.4) is 0 Å². The molecule has 0 aliphatic rings. The summed E-state index contributed by atoms with van der Waals surface area (Å²) in [6.07, 6.45) is 0.914. The molecular weight excluding hydrogens is 280 g/mol. The molecular formula is C17H22N2OS. The van der Waals surface area contributed by atoms with Crippen LogP contribution in [0.1, 0.15) is 37.4 Å². The number of nitrogens with zero attached hydrogens (tertiary/aromatic N) is 2. The van der Waals surface area contributed by atoms with Gasteiger partial charge in [-0.1, -0.05) is 55.5 Å². The van der Waals surface area contributed by atoms with Gasteiger partial charge in [-0.2, -0.15) is 0 Å². The SMILES string of the molecule is CC(C)CN(c1nc(-c2ccccc2)c(C=O)s1)C(C)C. The number of hydrogen-bond donors (Lipinski definition) is 0. The Labute approximate surface area is 130 Å². The summed E-state index contributed by atoms with van der Waals surface area (Å²) in [5.41, 5.74) is 1.79. The molecule has 0 saturated carbocycles. The van der Waals surface area contributed by atoms with E-state index in [4.69, 9.17) is 4.98 Å². The van der Waals surface area contributed by atoms with Crippen LogP contribution in [0.5, 0.6) is 0 Å². The number of anilines is 1. The molecule has 0 N–H and O–H groups in total. The molecule has 0 fully saturated rings. The van der Waals surface area contributed by atoms with Crippen molar-refractivity contribution >= 4 is 22.8 Å². The summed E-state index contributed by atoms with van der Waals surface area (Å²) in [5, 5.41) is 0.930. The maximum Gasteiger partial charge on any atom is 0.186 e. The van der Waals surface area contributed by atoms with Crippen molar-refractivity contribution < 1.29 is 4.79 Å². The quantitative estimate of drug-likeness (QED) is 0.737. The highest BCUT2D eigenvalue weighted by Crippen LogP contribution is 2.33. The summed E-state index contributed by atoms with van der Waals surface area (Å²) < 4.78 is 0. The van der Waals surface area contributed by atoms with Gasteiger partial charge in [0.15, 0.2) is 11.4 Å². The number of carbonyl (C=O) groups excluding carboxylic acids is 1. The maximum atomic E-state index is 11.4. The predicted octanol–water partition coefficient (Wildman–Crippen LogP) is 4.49. The van der Waals surface area contributed by atoms with Crippen LogP contribution in [-0.4, -0.2) is 23.9 Å². The van der Waals surface area contributed by atoms with Gasteiger partial charge in [0.1, 0.15) is 0 Å². The van der Waals surface area contributed by atoms with Gasteiger partial charge in [0, 0.05) is 18.2 Å². The topological polar surface area (TPSA) is 33.2 Å². The number of aromatic nitrogens is 1. The van der Waals surface area contributed by atoms with Crippen LogP contribution < -0.4 is 4.90 Å². The van der Waals surface area contributed by atoms with Gasteiger partial charge in [-0.15, -0.1) is 0 Å². The van der Waals surface area contributed by atoms with Crippen molar-refractivity contribution in [2.45, 2.75) is 33.7 Å². The van der Waals surface area contributed by atoms with Gasteiger partial charge in [0.2, 0.25) is 0 Å². The molecule has 2 rings (SSSR count). The summed E-state index contributed by atoms with van der Waals surface area (Å²) in [7, 11) is 0. The summed E-state index contributed by atoms with van der Waals surface area (Å²) >= 11 is 1.48. The third-order valence-corrected chi connectivity index (χ3v) is 4.25. The minimum absolute atomic E-state index is 0.363. The molecule has 1 aromatic heterocycles. The van der Waals surface area contributed by atoms with Gasteiger partial charge in [-0.05, 0) is 19.8 Å². The molecule has 0 aliphatic carbocycles. The highest BCUT2D eigenvalue weighted by molar-refractivity contribution is 7.17. The van der Waals surface area contributed by atoms with E-state index in [1.54, 1.807) is 0 Å². The molecule has 0 amide bonds. The lowest BCUT2D eigenvalue weighted by Crippen LogP contribution is -2.34. The van der Waals surface area contributed by atoms with Gasteiger partial charge in [-0.3, -0.25) is 4.79 Å². The van der Waals surface area contributed by atoms with Crippen molar-refractivity contribution in [3.05, 3.63) is 35.2 Å². The molecule has 0 unspecified atom stereocenters. The fourth-order valence-corrected chi connectivity index (χ4v) is 3.27. The predicted molar refractivity (Wildman–Crippen MR) is 90.3 cm³/mol. The van der Waals surface area contributed by atoms with Crippen LogP contribution in [0.2, 0.25) is 0 Å². The first-order chi connectivity index (χ1) is 10.0. The Kier molecular flexibility index (Phi) is 5.12. The molecule has 0 aliphatic heterocycles. The lowest BCUT2D eigenvalue weighted by molar-refractivity contribution is 0.112. The number of aldehydes is 1. The molecule has 0 saturated heterocycles. The minimum atomic E-state index is 0.363. The van der Waals surface area contributed by atoms with Crippen LogP contribution in [-0.2, 0) is 0 Å². The Bertz CT molecular complexity index is 590. The van der Waals surface area contributed by atoms with Gasteiger partial charge in [-0.25, -0.2) is 4.98 Å². The van der Waals surface area contributed by atoms with E-state index in [1.807, 2.05) is 30.3 Å². The molecule has 21 heavy (non-hydrogen) atoms. The third-order valence-electron chi connectivity index (χ3n) is 3.23. The monoisotopic (exact) mass is 302 g/mol. The zero-order valence-corrected chi connectivity index (χ0v) is 13.9. The lowest BCUT2D eigenvalue weighted by Gasteiger charge is -2.27. The van der Waals surface area contributed by atoms with E-state index in [-0.39, 0.29) is 0 Å². The molecule has 3 nitrogen and oxygen atoms in total. The van der Waals surface area contributed by atoms with E-state index in [9.17, 15) is 4.79 Å². The second-order valence-corrected chi connectivity index (χ2v) is 6.84. The molecule has 0 spiro atoms. The minimum Gasteiger partial charge on any atom is -0.345 e. The lowest BCUT2D eigenvalue weighted by atomic mass is 10.1. The number of hydrogen-bond acceptors (Lipinski definition) is 4. The van der Waals surface area contributed by atoms with Crippen molar-refractivity contribution in [2.24, 2.45) is 5.92 Å².